The summed E-state index contributed by atoms with van der Waals surface area (Å²) in [4.78, 5) is 31.2. The average molecular weight is 423 g/mol. The molecule has 0 spiro atoms. The second kappa shape index (κ2) is 8.67. The topological polar surface area (TPSA) is 40.6 Å². The molecule has 4 heteroatoms. The van der Waals surface area contributed by atoms with Crippen LogP contribution < -0.4 is 9.80 Å². The van der Waals surface area contributed by atoms with Crippen LogP contribution in [0.1, 0.15) is 31.8 Å². The van der Waals surface area contributed by atoms with E-state index in [1.807, 2.05) is 123 Å². The van der Waals surface area contributed by atoms with Crippen LogP contribution in [0.15, 0.2) is 84.9 Å². The number of ketones is 2. The summed E-state index contributed by atoms with van der Waals surface area (Å²) in [6.45, 7) is 0. The molecule has 4 nitrogen and oxygen atoms in total. The smallest absolute Gasteiger partial charge is 0.193 e. The highest BCUT2D eigenvalue weighted by atomic mass is 16.1. The maximum Gasteiger partial charge on any atom is 0.193 e. The molecule has 0 aliphatic rings. The molecular weight excluding hydrogens is 396 g/mol. The van der Waals surface area contributed by atoms with E-state index in [1.54, 1.807) is 0 Å². The minimum Gasteiger partial charge on any atom is -0.377 e. The highest BCUT2D eigenvalue weighted by Crippen LogP contribution is 2.39. The third-order valence-electron chi connectivity index (χ3n) is 5.64. The Morgan fingerprint density at radius 3 is 1.22 bits per heavy atom. The van der Waals surface area contributed by atoms with Gasteiger partial charge < -0.3 is 9.80 Å². The van der Waals surface area contributed by atoms with Gasteiger partial charge in [-0.25, -0.2) is 0 Å². The molecular formula is C28H26N2O2. The third-order valence-corrected chi connectivity index (χ3v) is 5.64. The molecule has 4 aromatic rings. The number of carbonyl (C=O) groups is 2. The van der Waals surface area contributed by atoms with Crippen LogP contribution in [0.25, 0.3) is 10.8 Å². The maximum atomic E-state index is 13.6. The zero-order chi connectivity index (χ0) is 22.8. The lowest BCUT2D eigenvalue weighted by Crippen LogP contribution is -2.16. The molecule has 4 aromatic carbocycles. The number of anilines is 2. The van der Waals surface area contributed by atoms with E-state index in [-0.39, 0.29) is 11.6 Å². The molecule has 0 atom stereocenters. The predicted molar refractivity (Wildman–Crippen MR) is 132 cm³/mol. The summed E-state index contributed by atoms with van der Waals surface area (Å²) in [7, 11) is 7.88. The lowest BCUT2D eigenvalue weighted by atomic mass is 9.89. The molecule has 0 saturated heterocycles. The van der Waals surface area contributed by atoms with Gasteiger partial charge in [-0.3, -0.25) is 9.59 Å². The Morgan fingerprint density at radius 1 is 0.500 bits per heavy atom. The predicted octanol–water partition coefficient (Wildman–Crippen LogP) is 5.43. The Hall–Kier alpha value is -3.92. The molecule has 32 heavy (non-hydrogen) atoms. The fourth-order valence-corrected chi connectivity index (χ4v) is 4.07. The van der Waals surface area contributed by atoms with Gasteiger partial charge in [-0.15, -0.1) is 0 Å². The monoisotopic (exact) mass is 422 g/mol. The van der Waals surface area contributed by atoms with E-state index in [0.717, 1.165) is 16.8 Å². The summed E-state index contributed by atoms with van der Waals surface area (Å²) < 4.78 is 0. The van der Waals surface area contributed by atoms with Gasteiger partial charge in [0.2, 0.25) is 0 Å². The molecule has 0 bridgehead atoms. The normalized spacial score (nSPS) is 10.8. The molecule has 0 N–H and O–H groups in total. The van der Waals surface area contributed by atoms with E-state index in [2.05, 4.69) is 0 Å². The molecule has 0 aromatic heterocycles. The maximum absolute atomic E-state index is 13.6. The first-order valence-electron chi connectivity index (χ1n) is 10.5. The molecule has 0 unspecified atom stereocenters. The number of benzene rings is 4. The highest BCUT2D eigenvalue weighted by Gasteiger charge is 2.24. The van der Waals surface area contributed by atoms with E-state index < -0.39 is 0 Å². The van der Waals surface area contributed by atoms with Crippen LogP contribution in [-0.4, -0.2) is 39.8 Å². The quantitative estimate of drug-likeness (QED) is 0.388. The lowest BCUT2D eigenvalue weighted by Gasteiger charge is -2.24. The van der Waals surface area contributed by atoms with Gasteiger partial charge in [-0.05, 0) is 24.3 Å². The van der Waals surface area contributed by atoms with Crippen molar-refractivity contribution in [2.75, 3.05) is 38.0 Å². The standard InChI is InChI=1S/C28H26N2O2/c1-29(2)23-17-15-21(27(31)19-11-7-5-8-12-19)25-22(16-18-24(26(23)25)30(3)4)28(32)20-13-9-6-10-14-20/h5-18H,1-4H3. The zero-order valence-electron chi connectivity index (χ0n) is 18.8. The molecule has 0 amide bonds. The molecule has 0 radical (unpaired) electrons. The number of fused-ring (bicyclic) bond motifs is 1. The van der Waals surface area contributed by atoms with Gasteiger partial charge in [-0.1, -0.05) is 60.7 Å². The zero-order valence-corrected chi connectivity index (χ0v) is 18.8. The second-order valence-corrected chi connectivity index (χ2v) is 8.19. The molecule has 0 aliphatic carbocycles. The Morgan fingerprint density at radius 2 is 0.875 bits per heavy atom. The van der Waals surface area contributed by atoms with Crippen molar-refractivity contribution in [2.45, 2.75) is 0 Å². The van der Waals surface area contributed by atoms with Crippen LogP contribution in [-0.2, 0) is 0 Å². The minimum absolute atomic E-state index is 0.0982. The van der Waals surface area contributed by atoms with Crippen molar-refractivity contribution in [3.63, 3.8) is 0 Å². The summed E-state index contributed by atoms with van der Waals surface area (Å²) in [6, 6.07) is 26.0. The van der Waals surface area contributed by atoms with Crippen molar-refractivity contribution in [3.8, 4) is 0 Å². The number of hydrogen-bond donors (Lipinski definition) is 0. The van der Waals surface area contributed by atoms with Crippen LogP contribution in [0.2, 0.25) is 0 Å². The summed E-state index contributed by atoms with van der Waals surface area (Å²) in [5.41, 5.74) is 4.16. The van der Waals surface area contributed by atoms with Crippen molar-refractivity contribution in [2.24, 2.45) is 0 Å². The van der Waals surface area contributed by atoms with Crippen LogP contribution in [0.5, 0.6) is 0 Å². The van der Waals surface area contributed by atoms with Crippen molar-refractivity contribution >= 4 is 33.7 Å². The van der Waals surface area contributed by atoms with Crippen molar-refractivity contribution < 1.29 is 9.59 Å². The first-order valence-corrected chi connectivity index (χ1v) is 10.5. The SMILES string of the molecule is CN(C)c1ccc(C(=O)c2ccccc2)c2c(C(=O)c3ccccc3)ccc(N(C)C)c12. The largest absolute Gasteiger partial charge is 0.377 e. The van der Waals surface area contributed by atoms with Gasteiger partial charge in [0, 0.05) is 72.6 Å². The highest BCUT2D eigenvalue weighted by molar-refractivity contribution is 6.27. The van der Waals surface area contributed by atoms with Crippen molar-refractivity contribution in [1.29, 1.82) is 0 Å². The van der Waals surface area contributed by atoms with E-state index in [9.17, 15) is 9.59 Å². The molecule has 4 rings (SSSR count). The van der Waals surface area contributed by atoms with Gasteiger partial charge in [0.05, 0.1) is 0 Å². The van der Waals surface area contributed by atoms with Gasteiger partial charge in [0.1, 0.15) is 0 Å². The number of hydrogen-bond acceptors (Lipinski definition) is 4. The van der Waals surface area contributed by atoms with Crippen LogP contribution >= 0.6 is 0 Å². The first kappa shape index (κ1) is 21.3. The van der Waals surface area contributed by atoms with Crippen LogP contribution in [0.4, 0.5) is 11.4 Å². The van der Waals surface area contributed by atoms with Crippen LogP contribution in [0, 0.1) is 0 Å². The Balaban J connectivity index is 2.10. The van der Waals surface area contributed by atoms with E-state index in [1.165, 1.54) is 0 Å². The average Bonchev–Trinajstić information content (AvgIpc) is 2.82. The van der Waals surface area contributed by atoms with Crippen LogP contribution in [0.3, 0.4) is 0 Å². The van der Waals surface area contributed by atoms with Crippen molar-refractivity contribution in [3.05, 3.63) is 107 Å². The Kier molecular flexibility index (Phi) is 5.78. The van der Waals surface area contributed by atoms with Gasteiger partial charge >= 0.3 is 0 Å². The molecule has 0 fully saturated rings. The second-order valence-electron chi connectivity index (χ2n) is 8.19. The Bertz CT molecular complexity index is 1200. The molecule has 0 saturated carbocycles. The van der Waals surface area contributed by atoms with Gasteiger partial charge in [-0.2, -0.15) is 0 Å². The lowest BCUT2D eigenvalue weighted by molar-refractivity contribution is 0.103. The van der Waals surface area contributed by atoms with E-state index in [4.69, 9.17) is 0 Å². The van der Waals surface area contributed by atoms with Gasteiger partial charge in [0.15, 0.2) is 11.6 Å². The fraction of sp³-hybridized carbons (Fsp3) is 0.143. The molecule has 160 valence electrons. The third kappa shape index (κ3) is 3.76. The molecule has 0 aliphatic heterocycles. The first-order chi connectivity index (χ1) is 15.4. The fourth-order valence-electron chi connectivity index (χ4n) is 4.07. The summed E-state index contributed by atoms with van der Waals surface area (Å²) in [5, 5.41) is 1.58. The summed E-state index contributed by atoms with van der Waals surface area (Å²) >= 11 is 0. The van der Waals surface area contributed by atoms with E-state index >= 15 is 0 Å². The minimum atomic E-state index is -0.0982. The summed E-state index contributed by atoms with van der Waals surface area (Å²) in [5.74, 6) is -0.196. The molecule has 0 heterocycles. The number of nitrogens with zero attached hydrogens (tertiary/aromatic N) is 2. The van der Waals surface area contributed by atoms with E-state index in [0.29, 0.717) is 27.6 Å². The Labute approximate surface area is 188 Å². The van der Waals surface area contributed by atoms with Gasteiger partial charge in [0.25, 0.3) is 0 Å². The number of rotatable bonds is 6. The summed E-state index contributed by atoms with van der Waals surface area (Å²) in [6.07, 6.45) is 0. The van der Waals surface area contributed by atoms with Crippen molar-refractivity contribution in [1.82, 2.24) is 0 Å². The number of carbonyl (C=O) groups excluding carboxylic acids is 2.